The molecule has 3 aromatic carbocycles. The lowest BCUT2D eigenvalue weighted by molar-refractivity contribution is -0.137. The molecule has 0 aliphatic rings. The molecule has 4 aromatic rings. The van der Waals surface area contributed by atoms with Crippen LogP contribution in [0.5, 0.6) is 0 Å². The van der Waals surface area contributed by atoms with Crippen LogP contribution in [-0.2, 0) is 17.4 Å². The molecule has 33 heavy (non-hydrogen) atoms. The largest absolute Gasteiger partial charge is 0.416 e. The molecule has 0 radical (unpaired) electrons. The van der Waals surface area contributed by atoms with Crippen molar-refractivity contribution in [3.8, 4) is 0 Å². The molecule has 1 N–H and O–H groups in total. The average molecular weight is 450 g/mol. The van der Waals surface area contributed by atoms with Crippen LogP contribution >= 0.6 is 0 Å². The molecule has 168 valence electrons. The Hall–Kier alpha value is -3.71. The van der Waals surface area contributed by atoms with Crippen molar-refractivity contribution in [1.29, 1.82) is 0 Å². The molecule has 0 aliphatic carbocycles. The van der Waals surface area contributed by atoms with Crippen LogP contribution in [0.3, 0.4) is 0 Å². The number of alkyl halides is 3. The molecule has 4 rings (SSSR count). The quantitative estimate of drug-likeness (QED) is 0.418. The molecule has 0 aliphatic heterocycles. The van der Waals surface area contributed by atoms with Gasteiger partial charge in [-0.25, -0.2) is 0 Å². The summed E-state index contributed by atoms with van der Waals surface area (Å²) in [6.45, 7) is 0.180. The number of fused-ring (bicyclic) bond motifs is 1. The van der Waals surface area contributed by atoms with Gasteiger partial charge in [0.2, 0.25) is 0 Å². The number of halogens is 3. The molecule has 0 saturated heterocycles. The molecule has 0 saturated carbocycles. The highest BCUT2D eigenvalue weighted by molar-refractivity contribution is 5.98. The Morgan fingerprint density at radius 1 is 0.939 bits per heavy atom. The average Bonchev–Trinajstić information content (AvgIpc) is 2.83. The number of carbonyl (C=O) groups is 1. The number of nitrogens with zero attached hydrogens (tertiary/aromatic N) is 2. The van der Waals surface area contributed by atoms with Gasteiger partial charge in [-0.3, -0.25) is 9.78 Å². The van der Waals surface area contributed by atoms with Gasteiger partial charge in [0.05, 0.1) is 11.1 Å². The molecule has 1 aromatic heterocycles. The minimum Gasteiger partial charge on any atom is -0.378 e. The molecule has 1 amide bonds. The third-order valence-electron chi connectivity index (χ3n) is 5.42. The summed E-state index contributed by atoms with van der Waals surface area (Å²) in [5.41, 5.74) is 1.73. The van der Waals surface area contributed by atoms with Crippen LogP contribution in [0.2, 0.25) is 0 Å². The third-order valence-corrected chi connectivity index (χ3v) is 5.42. The van der Waals surface area contributed by atoms with Gasteiger partial charge in [0.1, 0.15) is 0 Å². The Balaban J connectivity index is 1.62. The lowest BCUT2D eigenvalue weighted by Gasteiger charge is -2.26. The lowest BCUT2D eigenvalue weighted by atomic mass is 10.1. The smallest absolute Gasteiger partial charge is 0.378 e. The predicted octanol–water partition coefficient (Wildman–Crippen LogP) is 5.56. The Bertz CT molecular complexity index is 1240. The van der Waals surface area contributed by atoms with Crippen molar-refractivity contribution in [2.24, 2.45) is 0 Å². The van der Waals surface area contributed by atoms with Crippen molar-refractivity contribution < 1.29 is 23.1 Å². The molecule has 0 bridgehead atoms. The summed E-state index contributed by atoms with van der Waals surface area (Å²) in [5.74, 6) is -0.517. The van der Waals surface area contributed by atoms with E-state index in [1.54, 1.807) is 54.7 Å². The number of aromatic nitrogens is 1. The van der Waals surface area contributed by atoms with Gasteiger partial charge in [-0.05, 0) is 53.9 Å². The Morgan fingerprint density at radius 2 is 1.67 bits per heavy atom. The second-order valence-electron chi connectivity index (χ2n) is 7.63. The maximum absolute atomic E-state index is 13.3. The number of hydrogen-bond acceptors (Lipinski definition) is 3. The first-order chi connectivity index (χ1) is 15.8. The number of anilines is 1. The van der Waals surface area contributed by atoms with Gasteiger partial charge in [0.25, 0.3) is 5.91 Å². The van der Waals surface area contributed by atoms with Crippen LogP contribution in [0.15, 0.2) is 91.1 Å². The maximum atomic E-state index is 13.3. The third kappa shape index (κ3) is 5.21. The summed E-state index contributed by atoms with van der Waals surface area (Å²) >= 11 is 0. The fourth-order valence-corrected chi connectivity index (χ4v) is 3.62. The van der Waals surface area contributed by atoms with Crippen molar-refractivity contribution in [3.63, 3.8) is 0 Å². The highest BCUT2D eigenvalue weighted by atomic mass is 19.4. The number of aliphatic hydroxyl groups excluding tert-OH is 1. The summed E-state index contributed by atoms with van der Waals surface area (Å²) in [7, 11) is 0. The summed E-state index contributed by atoms with van der Waals surface area (Å²) in [5, 5.41) is 11.6. The van der Waals surface area contributed by atoms with E-state index in [-0.39, 0.29) is 6.54 Å². The first-order valence-electron chi connectivity index (χ1n) is 10.4. The van der Waals surface area contributed by atoms with Crippen LogP contribution in [0.4, 0.5) is 18.9 Å². The number of benzene rings is 3. The zero-order chi connectivity index (χ0) is 23.4. The molecule has 0 spiro atoms. The zero-order valence-corrected chi connectivity index (χ0v) is 17.5. The van der Waals surface area contributed by atoms with E-state index in [0.717, 1.165) is 23.0 Å². The standard InChI is InChI=1S/C26H21F3N2O2/c27-26(28,29)21-10-8-18(9-11-21)14-16-31(25(33)24(32)19-5-2-1-3-6-19)22-12-13-23-20(17-22)7-4-15-30-23/h1-13,15,17,24,32H,14,16H2/t24-/m0/s1. The lowest BCUT2D eigenvalue weighted by Crippen LogP contribution is -2.37. The van der Waals surface area contributed by atoms with Gasteiger partial charge in [-0.1, -0.05) is 48.5 Å². The molecule has 7 heteroatoms. The fraction of sp³-hybridized carbons (Fsp3) is 0.154. The summed E-state index contributed by atoms with van der Waals surface area (Å²) < 4.78 is 38.6. The number of hydrogen-bond donors (Lipinski definition) is 1. The molecule has 1 atom stereocenters. The van der Waals surface area contributed by atoms with Crippen molar-refractivity contribution in [2.75, 3.05) is 11.4 Å². The fourth-order valence-electron chi connectivity index (χ4n) is 3.62. The minimum absolute atomic E-state index is 0.180. The van der Waals surface area contributed by atoms with E-state index < -0.39 is 23.8 Å². The maximum Gasteiger partial charge on any atom is 0.416 e. The van der Waals surface area contributed by atoms with Crippen LogP contribution in [0.1, 0.15) is 22.8 Å². The first-order valence-corrected chi connectivity index (χ1v) is 10.4. The van der Waals surface area contributed by atoms with Gasteiger partial charge in [0, 0.05) is 23.8 Å². The van der Waals surface area contributed by atoms with E-state index in [1.807, 2.05) is 12.1 Å². The molecular formula is C26H21F3N2O2. The van der Waals surface area contributed by atoms with E-state index in [4.69, 9.17) is 0 Å². The number of rotatable bonds is 6. The summed E-state index contributed by atoms with van der Waals surface area (Å²) in [6, 6.07) is 22.5. The topological polar surface area (TPSA) is 53.4 Å². The second kappa shape index (κ2) is 9.42. The van der Waals surface area contributed by atoms with E-state index in [1.165, 1.54) is 17.0 Å². The molecule has 0 fully saturated rings. The molecule has 4 nitrogen and oxygen atoms in total. The van der Waals surface area contributed by atoms with Gasteiger partial charge in [-0.15, -0.1) is 0 Å². The van der Waals surface area contributed by atoms with Crippen LogP contribution in [0.25, 0.3) is 10.9 Å². The zero-order valence-electron chi connectivity index (χ0n) is 17.5. The van der Waals surface area contributed by atoms with Crippen LogP contribution < -0.4 is 4.90 Å². The van der Waals surface area contributed by atoms with Gasteiger partial charge in [-0.2, -0.15) is 13.2 Å². The van der Waals surface area contributed by atoms with E-state index >= 15 is 0 Å². The minimum atomic E-state index is -4.40. The summed E-state index contributed by atoms with van der Waals surface area (Å²) in [4.78, 5) is 19.0. The summed E-state index contributed by atoms with van der Waals surface area (Å²) in [6.07, 6.45) is -3.78. The van der Waals surface area contributed by atoms with Gasteiger partial charge < -0.3 is 10.0 Å². The normalized spacial score (nSPS) is 12.5. The Kier molecular flexibility index (Phi) is 6.42. The van der Waals surface area contributed by atoms with Crippen molar-refractivity contribution >= 4 is 22.5 Å². The second-order valence-corrected chi connectivity index (χ2v) is 7.63. The van der Waals surface area contributed by atoms with Gasteiger partial charge >= 0.3 is 6.18 Å². The van der Waals surface area contributed by atoms with Crippen LogP contribution in [-0.4, -0.2) is 22.5 Å². The van der Waals surface area contributed by atoms with Crippen molar-refractivity contribution in [1.82, 2.24) is 4.98 Å². The Labute approximate surface area is 188 Å². The molecular weight excluding hydrogens is 429 g/mol. The number of amides is 1. The number of carbonyl (C=O) groups excluding carboxylic acids is 1. The van der Waals surface area contributed by atoms with E-state index in [9.17, 15) is 23.1 Å². The number of pyridine rings is 1. The Morgan fingerprint density at radius 3 is 2.36 bits per heavy atom. The molecule has 0 unspecified atom stereocenters. The first kappa shape index (κ1) is 22.5. The predicted molar refractivity (Wildman–Crippen MR) is 121 cm³/mol. The highest BCUT2D eigenvalue weighted by Gasteiger charge is 2.30. The SMILES string of the molecule is O=C([C@@H](O)c1ccccc1)N(CCc1ccc(C(F)(F)F)cc1)c1ccc2ncccc2c1. The van der Waals surface area contributed by atoms with E-state index in [0.29, 0.717) is 23.2 Å². The monoisotopic (exact) mass is 450 g/mol. The molecule has 1 heterocycles. The van der Waals surface area contributed by atoms with E-state index in [2.05, 4.69) is 4.98 Å². The van der Waals surface area contributed by atoms with Gasteiger partial charge in [0.15, 0.2) is 6.10 Å². The van der Waals surface area contributed by atoms with Crippen molar-refractivity contribution in [2.45, 2.75) is 18.7 Å². The van der Waals surface area contributed by atoms with Crippen molar-refractivity contribution in [3.05, 3.63) is 108 Å². The number of aliphatic hydroxyl groups is 1. The highest BCUT2D eigenvalue weighted by Crippen LogP contribution is 2.29. The van der Waals surface area contributed by atoms with Crippen LogP contribution in [0, 0.1) is 0 Å².